The lowest BCUT2D eigenvalue weighted by molar-refractivity contribution is -0.137. The van der Waals surface area contributed by atoms with Crippen LogP contribution in [-0.4, -0.2) is 42.3 Å². The zero-order chi connectivity index (χ0) is 19.2. The van der Waals surface area contributed by atoms with Crippen LogP contribution < -0.4 is 0 Å². The summed E-state index contributed by atoms with van der Waals surface area (Å²) in [6.45, 7) is 8.90. The van der Waals surface area contributed by atoms with Crippen molar-refractivity contribution in [2.75, 3.05) is 19.7 Å². The highest BCUT2D eigenvalue weighted by molar-refractivity contribution is 5.82. The zero-order valence-corrected chi connectivity index (χ0v) is 16.2. The maximum absolute atomic E-state index is 12.3. The third kappa shape index (κ3) is 5.35. The molecule has 0 bridgehead atoms. The number of nitrogens with zero attached hydrogens (tertiary/aromatic N) is 1. The molecule has 0 N–H and O–H groups in total. The van der Waals surface area contributed by atoms with E-state index in [2.05, 4.69) is 12.1 Å². The molecule has 2 rings (SSSR count). The molecule has 5 heteroatoms. The third-order valence-corrected chi connectivity index (χ3v) is 4.48. The van der Waals surface area contributed by atoms with Crippen LogP contribution in [-0.2, 0) is 19.7 Å². The fourth-order valence-corrected chi connectivity index (χ4v) is 3.15. The maximum Gasteiger partial charge on any atom is 0.410 e. The summed E-state index contributed by atoms with van der Waals surface area (Å²) >= 11 is 0. The molecule has 5 nitrogen and oxygen atoms in total. The Kier molecular flexibility index (Phi) is 6.46. The summed E-state index contributed by atoms with van der Waals surface area (Å²) in [7, 11) is 0. The van der Waals surface area contributed by atoms with Gasteiger partial charge in [0.15, 0.2) is 0 Å². The normalized spacial score (nSPS) is 17.2. The zero-order valence-electron chi connectivity index (χ0n) is 16.2. The molecule has 0 unspecified atom stereocenters. The summed E-state index contributed by atoms with van der Waals surface area (Å²) in [5.41, 5.74) is 0.353. The predicted molar refractivity (Wildman–Crippen MR) is 101 cm³/mol. The summed E-state index contributed by atoms with van der Waals surface area (Å²) in [5.74, 6) is -0.336. The molecule has 1 heterocycles. The lowest BCUT2D eigenvalue weighted by atomic mass is 9.72. The van der Waals surface area contributed by atoms with Gasteiger partial charge in [-0.3, -0.25) is 0 Å². The lowest BCUT2D eigenvalue weighted by Crippen LogP contribution is -2.46. The van der Waals surface area contributed by atoms with E-state index in [1.165, 1.54) is 6.08 Å². The molecule has 0 radical (unpaired) electrons. The van der Waals surface area contributed by atoms with Gasteiger partial charge in [-0.1, -0.05) is 36.4 Å². The Morgan fingerprint density at radius 2 is 1.77 bits per heavy atom. The number of rotatable bonds is 4. The second kappa shape index (κ2) is 8.39. The fraction of sp³-hybridized carbons (Fsp3) is 0.524. The highest BCUT2D eigenvalue weighted by atomic mass is 16.6. The molecule has 1 aromatic carbocycles. The van der Waals surface area contributed by atoms with Crippen molar-refractivity contribution >= 4 is 12.1 Å². The first-order chi connectivity index (χ1) is 12.3. The number of esters is 1. The van der Waals surface area contributed by atoms with Crippen molar-refractivity contribution in [2.24, 2.45) is 0 Å². The Balaban J connectivity index is 2.16. The second-order valence-corrected chi connectivity index (χ2v) is 7.57. The molecule has 1 fully saturated rings. The van der Waals surface area contributed by atoms with Crippen molar-refractivity contribution in [1.82, 2.24) is 4.90 Å². The first-order valence-electron chi connectivity index (χ1n) is 9.15. The standard InChI is InChI=1S/C21H29NO4/c1-5-25-18(23)11-12-21(17-9-7-6-8-10-17)13-15-22(16-14-21)19(24)26-20(2,3)4/h6-12H,5,13-16H2,1-4H3/b12-11+. The number of hydrogen-bond donors (Lipinski definition) is 0. The maximum atomic E-state index is 12.3. The number of allylic oxidation sites excluding steroid dienone is 1. The molecule has 1 aliphatic heterocycles. The molecular weight excluding hydrogens is 330 g/mol. The fourth-order valence-electron chi connectivity index (χ4n) is 3.15. The average Bonchev–Trinajstić information content (AvgIpc) is 2.60. The molecule has 1 aromatic rings. The van der Waals surface area contributed by atoms with E-state index in [9.17, 15) is 9.59 Å². The molecule has 142 valence electrons. The number of benzene rings is 1. The van der Waals surface area contributed by atoms with E-state index >= 15 is 0 Å². The number of ether oxygens (including phenoxy) is 2. The topological polar surface area (TPSA) is 55.8 Å². The smallest absolute Gasteiger partial charge is 0.410 e. The number of likely N-dealkylation sites (tertiary alicyclic amines) is 1. The molecule has 1 amide bonds. The molecule has 26 heavy (non-hydrogen) atoms. The Labute approximate surface area is 156 Å². The minimum absolute atomic E-state index is 0.284. The van der Waals surface area contributed by atoms with E-state index in [-0.39, 0.29) is 17.5 Å². The third-order valence-electron chi connectivity index (χ3n) is 4.48. The van der Waals surface area contributed by atoms with E-state index in [1.807, 2.05) is 45.0 Å². The number of amides is 1. The van der Waals surface area contributed by atoms with Crippen molar-refractivity contribution in [3.8, 4) is 0 Å². The Hall–Kier alpha value is -2.30. The molecule has 1 saturated heterocycles. The number of piperidine rings is 1. The molecule has 1 aliphatic rings. The first-order valence-corrected chi connectivity index (χ1v) is 9.15. The Bertz CT molecular complexity index is 638. The van der Waals surface area contributed by atoms with Gasteiger partial charge in [-0.25, -0.2) is 9.59 Å². The summed E-state index contributed by atoms with van der Waals surface area (Å²) < 4.78 is 10.5. The van der Waals surface area contributed by atoms with Crippen LogP contribution in [0.2, 0.25) is 0 Å². The van der Waals surface area contributed by atoms with E-state index in [0.717, 1.165) is 18.4 Å². The number of hydrogen-bond acceptors (Lipinski definition) is 4. The van der Waals surface area contributed by atoms with Gasteiger partial charge >= 0.3 is 12.1 Å². The summed E-state index contributed by atoms with van der Waals surface area (Å²) in [4.78, 5) is 25.9. The van der Waals surface area contributed by atoms with Gasteiger partial charge in [0.1, 0.15) is 5.60 Å². The summed E-state index contributed by atoms with van der Waals surface area (Å²) in [6, 6.07) is 10.1. The first kappa shape index (κ1) is 20.0. The molecule has 0 saturated carbocycles. The highest BCUT2D eigenvalue weighted by Gasteiger charge is 2.36. The van der Waals surface area contributed by atoms with Crippen molar-refractivity contribution < 1.29 is 19.1 Å². The van der Waals surface area contributed by atoms with Crippen LogP contribution in [0.4, 0.5) is 4.79 Å². The van der Waals surface area contributed by atoms with Crippen molar-refractivity contribution in [2.45, 2.75) is 51.6 Å². The van der Waals surface area contributed by atoms with Gasteiger partial charge in [0.05, 0.1) is 6.61 Å². The van der Waals surface area contributed by atoms with Crippen molar-refractivity contribution in [1.29, 1.82) is 0 Å². The highest BCUT2D eigenvalue weighted by Crippen LogP contribution is 2.37. The largest absolute Gasteiger partial charge is 0.463 e. The number of carbonyl (C=O) groups is 2. The summed E-state index contributed by atoms with van der Waals surface area (Å²) in [6.07, 6.45) is 4.62. The quantitative estimate of drug-likeness (QED) is 0.600. The summed E-state index contributed by atoms with van der Waals surface area (Å²) in [5, 5.41) is 0. The molecule has 0 atom stereocenters. The van der Waals surface area contributed by atoms with E-state index < -0.39 is 5.60 Å². The molecule has 0 spiro atoms. The Morgan fingerprint density at radius 3 is 2.31 bits per heavy atom. The minimum atomic E-state index is -0.505. The Morgan fingerprint density at radius 1 is 1.15 bits per heavy atom. The number of carbonyl (C=O) groups excluding carboxylic acids is 2. The van der Waals surface area contributed by atoms with E-state index in [4.69, 9.17) is 9.47 Å². The van der Waals surface area contributed by atoms with Crippen molar-refractivity contribution in [3.63, 3.8) is 0 Å². The van der Waals surface area contributed by atoms with Gasteiger partial charge < -0.3 is 14.4 Å². The van der Waals surface area contributed by atoms with E-state index in [0.29, 0.717) is 19.7 Å². The van der Waals surface area contributed by atoms with Crippen LogP contribution in [0.15, 0.2) is 42.5 Å². The van der Waals surface area contributed by atoms with Gasteiger partial charge in [0, 0.05) is 24.6 Å². The van der Waals surface area contributed by atoms with Gasteiger partial charge in [0.2, 0.25) is 0 Å². The van der Waals surface area contributed by atoms with Gasteiger partial charge in [-0.15, -0.1) is 0 Å². The lowest BCUT2D eigenvalue weighted by Gasteiger charge is -2.40. The van der Waals surface area contributed by atoms with Gasteiger partial charge in [-0.05, 0) is 46.1 Å². The van der Waals surface area contributed by atoms with Crippen molar-refractivity contribution in [3.05, 3.63) is 48.0 Å². The van der Waals surface area contributed by atoms with E-state index in [1.54, 1.807) is 11.8 Å². The predicted octanol–water partition coefficient (Wildman–Crippen LogP) is 4.07. The molecule has 0 aliphatic carbocycles. The van der Waals surface area contributed by atoms with Crippen LogP contribution in [0.5, 0.6) is 0 Å². The van der Waals surface area contributed by atoms with Crippen LogP contribution in [0.1, 0.15) is 46.1 Å². The molecule has 0 aromatic heterocycles. The SMILES string of the molecule is CCOC(=O)/C=C/C1(c2ccccc2)CCN(C(=O)OC(C)(C)C)CC1. The average molecular weight is 359 g/mol. The second-order valence-electron chi connectivity index (χ2n) is 7.57. The monoisotopic (exact) mass is 359 g/mol. The molecular formula is C21H29NO4. The van der Waals surface area contributed by atoms with Crippen LogP contribution >= 0.6 is 0 Å². The minimum Gasteiger partial charge on any atom is -0.463 e. The van der Waals surface area contributed by atoms with Crippen LogP contribution in [0, 0.1) is 0 Å². The van der Waals surface area contributed by atoms with Crippen LogP contribution in [0.3, 0.4) is 0 Å². The van der Waals surface area contributed by atoms with Crippen LogP contribution in [0.25, 0.3) is 0 Å². The van der Waals surface area contributed by atoms with Gasteiger partial charge in [-0.2, -0.15) is 0 Å². The van der Waals surface area contributed by atoms with Gasteiger partial charge in [0.25, 0.3) is 0 Å².